The number of halogens is 3. The number of amides is 2. The van der Waals surface area contributed by atoms with Crippen molar-refractivity contribution >= 4 is 34.2 Å². The van der Waals surface area contributed by atoms with E-state index in [1.807, 2.05) is 0 Å². The highest BCUT2D eigenvalue weighted by Gasteiger charge is 2.37. The Hall–Kier alpha value is -3.19. The van der Waals surface area contributed by atoms with Crippen LogP contribution in [0.4, 0.5) is 13.2 Å². The van der Waals surface area contributed by atoms with Crippen molar-refractivity contribution in [3.63, 3.8) is 0 Å². The Bertz CT molecular complexity index is 1270. The number of nitrogens with one attached hydrogen (secondary N) is 1. The van der Waals surface area contributed by atoms with Gasteiger partial charge in [0.2, 0.25) is 0 Å². The fourth-order valence-corrected chi connectivity index (χ4v) is 4.96. The molecule has 2 aromatic heterocycles. The number of aromatic nitrogens is 3. The number of thiazole rings is 1. The number of nitrogens with zero attached hydrogens (tertiary/aromatic N) is 5. The number of H-pyrrole nitrogens is 1. The van der Waals surface area contributed by atoms with Crippen molar-refractivity contribution in [3.8, 4) is 0 Å². The molecule has 34 heavy (non-hydrogen) atoms. The van der Waals surface area contributed by atoms with E-state index in [1.165, 1.54) is 29.5 Å². The first-order chi connectivity index (χ1) is 16.2. The summed E-state index contributed by atoms with van der Waals surface area (Å²) in [6.07, 6.45) is -4.53. The summed E-state index contributed by atoms with van der Waals surface area (Å²) in [6, 6.07) is 4.42. The molecule has 2 aliphatic heterocycles. The van der Waals surface area contributed by atoms with E-state index < -0.39 is 18.4 Å². The van der Waals surface area contributed by atoms with Gasteiger partial charge in [0, 0.05) is 56.3 Å². The molecule has 0 aliphatic carbocycles. The quantitative estimate of drug-likeness (QED) is 0.595. The van der Waals surface area contributed by atoms with Crippen molar-refractivity contribution in [2.45, 2.75) is 18.8 Å². The van der Waals surface area contributed by atoms with Crippen molar-refractivity contribution in [1.82, 2.24) is 29.2 Å². The molecule has 3 aromatic rings. The monoisotopic (exact) mass is 494 g/mol. The van der Waals surface area contributed by atoms with Gasteiger partial charge in [-0.25, -0.2) is 9.78 Å². The van der Waals surface area contributed by atoms with Crippen LogP contribution in [0.15, 0.2) is 33.9 Å². The van der Waals surface area contributed by atoms with E-state index in [0.717, 1.165) is 0 Å². The lowest BCUT2D eigenvalue weighted by Gasteiger charge is -2.48. The molecule has 1 N–H and O–H groups in total. The van der Waals surface area contributed by atoms with Crippen LogP contribution in [0.2, 0.25) is 0 Å². The molecule has 2 amide bonds. The fraction of sp³-hybridized carbons (Fsp3) is 0.429. The molecule has 180 valence electrons. The second-order valence-electron chi connectivity index (χ2n) is 8.43. The molecule has 1 aromatic carbocycles. The number of carbonyl (C=O) groups is 2. The second-order valence-corrected chi connectivity index (χ2v) is 9.15. The predicted octanol–water partition coefficient (Wildman–Crippen LogP) is 1.63. The van der Waals surface area contributed by atoms with E-state index in [4.69, 9.17) is 0 Å². The maximum atomic E-state index is 12.9. The van der Waals surface area contributed by atoms with E-state index in [0.29, 0.717) is 55.1 Å². The molecule has 0 spiro atoms. The predicted molar refractivity (Wildman–Crippen MR) is 118 cm³/mol. The molecular formula is C21H21F3N6O3S. The third-order valence-electron chi connectivity index (χ3n) is 6.28. The number of likely N-dealkylation sites (tertiary alicyclic amines) is 1. The summed E-state index contributed by atoms with van der Waals surface area (Å²) >= 11 is 1.39. The Morgan fingerprint density at radius 3 is 2.47 bits per heavy atom. The number of carbonyl (C=O) groups excluding carboxylic acids is 2. The highest BCUT2D eigenvalue weighted by molar-refractivity contribution is 7.07. The number of aromatic amines is 1. The van der Waals surface area contributed by atoms with Crippen LogP contribution < -0.4 is 5.69 Å². The maximum absolute atomic E-state index is 12.9. The van der Waals surface area contributed by atoms with Crippen LogP contribution in [-0.4, -0.2) is 92.5 Å². The molecule has 13 heteroatoms. The van der Waals surface area contributed by atoms with Crippen LogP contribution >= 0.6 is 11.3 Å². The lowest BCUT2D eigenvalue weighted by atomic mass is 10.0. The Balaban J connectivity index is 1.18. The summed E-state index contributed by atoms with van der Waals surface area (Å²) in [5.74, 6) is -0.302. The van der Waals surface area contributed by atoms with Crippen molar-refractivity contribution in [3.05, 3.63) is 50.8 Å². The molecule has 0 radical (unpaired) electrons. The Kier molecular flexibility index (Phi) is 5.68. The van der Waals surface area contributed by atoms with Gasteiger partial charge < -0.3 is 14.8 Å². The second kappa shape index (κ2) is 8.55. The van der Waals surface area contributed by atoms with Crippen molar-refractivity contribution in [1.29, 1.82) is 0 Å². The zero-order valence-corrected chi connectivity index (χ0v) is 18.7. The summed E-state index contributed by atoms with van der Waals surface area (Å²) < 4.78 is 38.9. The molecule has 0 unspecified atom stereocenters. The van der Waals surface area contributed by atoms with Crippen LogP contribution in [0, 0.1) is 0 Å². The van der Waals surface area contributed by atoms with E-state index in [9.17, 15) is 27.6 Å². The number of alkyl halides is 3. The number of rotatable bonds is 4. The number of benzene rings is 1. The van der Waals surface area contributed by atoms with E-state index in [2.05, 4.69) is 14.9 Å². The topological polar surface area (TPSA) is 94.5 Å². The van der Waals surface area contributed by atoms with Gasteiger partial charge in [-0.2, -0.15) is 13.2 Å². The van der Waals surface area contributed by atoms with Crippen molar-refractivity contribution in [2.24, 2.45) is 0 Å². The minimum Gasteiger partial charge on any atom is -0.335 e. The first kappa shape index (κ1) is 22.6. The Morgan fingerprint density at radius 2 is 1.82 bits per heavy atom. The smallest absolute Gasteiger partial charge is 0.335 e. The molecule has 4 heterocycles. The van der Waals surface area contributed by atoms with Gasteiger partial charge in [-0.15, -0.1) is 11.3 Å². The first-order valence-corrected chi connectivity index (χ1v) is 11.6. The molecule has 2 saturated heterocycles. The number of hydrogen-bond donors (Lipinski definition) is 1. The number of fused-ring (bicyclic) bond motifs is 1. The van der Waals surface area contributed by atoms with Crippen LogP contribution in [0.3, 0.4) is 0 Å². The zero-order valence-electron chi connectivity index (χ0n) is 17.9. The third-order valence-corrected chi connectivity index (χ3v) is 6.86. The third kappa shape index (κ3) is 4.32. The number of imidazole rings is 1. The van der Waals surface area contributed by atoms with Crippen LogP contribution in [-0.2, 0) is 6.54 Å². The van der Waals surface area contributed by atoms with Crippen LogP contribution in [0.25, 0.3) is 11.0 Å². The summed E-state index contributed by atoms with van der Waals surface area (Å²) in [5.41, 5.74) is 1.84. The van der Waals surface area contributed by atoms with Gasteiger partial charge in [-0.05, 0) is 18.2 Å². The zero-order chi connectivity index (χ0) is 24.0. The van der Waals surface area contributed by atoms with Gasteiger partial charge in [0.05, 0.1) is 16.5 Å². The summed E-state index contributed by atoms with van der Waals surface area (Å²) in [4.78, 5) is 49.4. The maximum Gasteiger partial charge on any atom is 0.406 e. The van der Waals surface area contributed by atoms with Gasteiger partial charge in [0.1, 0.15) is 12.2 Å². The van der Waals surface area contributed by atoms with Gasteiger partial charge in [0.15, 0.2) is 0 Å². The van der Waals surface area contributed by atoms with E-state index >= 15 is 0 Å². The van der Waals surface area contributed by atoms with Gasteiger partial charge in [-0.3, -0.25) is 19.1 Å². The normalized spacial score (nSPS) is 17.9. The standard InChI is InChI=1S/C21H21F3N6O3S/c22-21(23,24)11-30-17-2-1-13(7-15(17)26-20(30)33)18(31)29-8-14(9-29)27-3-5-28(6-4-27)19(32)16-10-34-12-25-16/h1-2,7,10,12,14H,3-6,8-9,11H2,(H,26,33). The highest BCUT2D eigenvalue weighted by atomic mass is 32.1. The fourth-order valence-electron chi connectivity index (χ4n) is 4.44. The van der Waals surface area contributed by atoms with Crippen molar-refractivity contribution in [2.75, 3.05) is 39.3 Å². The average molecular weight is 494 g/mol. The Morgan fingerprint density at radius 1 is 1.09 bits per heavy atom. The van der Waals surface area contributed by atoms with Gasteiger partial charge in [-0.1, -0.05) is 0 Å². The lowest BCUT2D eigenvalue weighted by Crippen LogP contribution is -2.64. The Labute approximate surface area is 195 Å². The van der Waals surface area contributed by atoms with Gasteiger partial charge >= 0.3 is 11.9 Å². The van der Waals surface area contributed by atoms with Crippen molar-refractivity contribution < 1.29 is 22.8 Å². The van der Waals surface area contributed by atoms with Crippen LogP contribution in [0.1, 0.15) is 20.8 Å². The summed E-state index contributed by atoms with van der Waals surface area (Å²) in [6.45, 7) is 2.28. The molecule has 5 rings (SSSR count). The molecule has 0 atom stereocenters. The lowest BCUT2D eigenvalue weighted by molar-refractivity contribution is -0.140. The SMILES string of the molecule is O=C(c1ccc2c(c1)[nH]c(=O)n2CC(F)(F)F)N1CC(N2CCN(C(=O)c3cscn3)CC2)C1. The molecule has 2 aliphatic rings. The van der Waals surface area contributed by atoms with E-state index in [1.54, 1.807) is 20.7 Å². The average Bonchev–Trinajstić information content (AvgIpc) is 3.40. The molecule has 9 nitrogen and oxygen atoms in total. The summed E-state index contributed by atoms with van der Waals surface area (Å²) in [5, 5.41) is 1.74. The minimum absolute atomic E-state index is 0.0659. The molecule has 0 saturated carbocycles. The highest BCUT2D eigenvalue weighted by Crippen LogP contribution is 2.23. The largest absolute Gasteiger partial charge is 0.406 e. The number of hydrogen-bond acceptors (Lipinski definition) is 6. The van der Waals surface area contributed by atoms with Gasteiger partial charge in [0.25, 0.3) is 11.8 Å². The van der Waals surface area contributed by atoms with Crippen LogP contribution in [0.5, 0.6) is 0 Å². The molecule has 0 bridgehead atoms. The van der Waals surface area contributed by atoms with E-state index in [-0.39, 0.29) is 28.9 Å². The first-order valence-electron chi connectivity index (χ1n) is 10.7. The number of piperazine rings is 1. The summed E-state index contributed by atoms with van der Waals surface area (Å²) in [7, 11) is 0. The molecule has 2 fully saturated rings. The molecular weight excluding hydrogens is 473 g/mol. The minimum atomic E-state index is -4.53.